The molecule has 1 aliphatic heterocycles. The molecular formula is C19H22F3N5S. The Kier molecular flexibility index (Phi) is 5.29. The van der Waals surface area contributed by atoms with Crippen molar-refractivity contribution in [3.8, 4) is 11.3 Å². The van der Waals surface area contributed by atoms with E-state index in [2.05, 4.69) is 27.2 Å². The van der Waals surface area contributed by atoms with Gasteiger partial charge in [0, 0.05) is 12.1 Å². The van der Waals surface area contributed by atoms with E-state index in [4.69, 9.17) is 0 Å². The molecule has 28 heavy (non-hydrogen) atoms. The predicted octanol–water partition coefficient (Wildman–Crippen LogP) is 4.62. The zero-order chi connectivity index (χ0) is 19.7. The summed E-state index contributed by atoms with van der Waals surface area (Å²) in [7, 11) is 0. The van der Waals surface area contributed by atoms with Gasteiger partial charge >= 0.3 is 6.18 Å². The first-order chi connectivity index (χ1) is 13.4. The molecule has 0 spiro atoms. The number of hydrogen-bond acceptors (Lipinski definition) is 5. The average Bonchev–Trinajstić information content (AvgIpc) is 3.26. The number of benzene rings is 1. The molecule has 4 rings (SSSR count). The fraction of sp³-hybridized carbons (Fsp3) is 0.474. The minimum absolute atomic E-state index is 0.450. The Bertz CT molecular complexity index is 941. The van der Waals surface area contributed by atoms with Crippen LogP contribution in [0.15, 0.2) is 30.5 Å². The van der Waals surface area contributed by atoms with Crippen LogP contribution in [0.2, 0.25) is 0 Å². The van der Waals surface area contributed by atoms with Crippen LogP contribution in [-0.4, -0.2) is 45.7 Å². The van der Waals surface area contributed by atoms with Crippen LogP contribution in [0, 0.1) is 5.92 Å². The van der Waals surface area contributed by atoms with E-state index in [1.54, 1.807) is 16.8 Å². The highest BCUT2D eigenvalue weighted by molar-refractivity contribution is 7.20. The second-order valence-electron chi connectivity index (χ2n) is 7.08. The van der Waals surface area contributed by atoms with Gasteiger partial charge in [-0.1, -0.05) is 30.4 Å². The van der Waals surface area contributed by atoms with Gasteiger partial charge in [0.05, 0.1) is 17.5 Å². The molecule has 0 amide bonds. The van der Waals surface area contributed by atoms with Gasteiger partial charge in [-0.3, -0.25) is 0 Å². The first kappa shape index (κ1) is 19.2. The number of piperidine rings is 1. The molecule has 0 unspecified atom stereocenters. The van der Waals surface area contributed by atoms with Crippen molar-refractivity contribution in [3.63, 3.8) is 0 Å². The van der Waals surface area contributed by atoms with Gasteiger partial charge in [0.2, 0.25) is 10.1 Å². The Labute approximate surface area is 165 Å². The summed E-state index contributed by atoms with van der Waals surface area (Å²) in [5.74, 6) is 0.613. The first-order valence-electron chi connectivity index (χ1n) is 9.42. The van der Waals surface area contributed by atoms with Gasteiger partial charge in [0.1, 0.15) is 0 Å². The summed E-state index contributed by atoms with van der Waals surface area (Å²) in [4.78, 5) is 7.43. The maximum atomic E-state index is 13.0. The number of halogens is 3. The van der Waals surface area contributed by atoms with Crippen molar-refractivity contribution in [2.45, 2.75) is 25.9 Å². The van der Waals surface area contributed by atoms with Crippen LogP contribution in [0.1, 0.15) is 25.3 Å². The SMILES string of the molecule is CCN1CCC(CNc2nn3c(-c4cccc(C(F)(F)F)c4)cnc3s2)CC1. The third-order valence-corrected chi connectivity index (χ3v) is 6.15. The number of rotatable bonds is 5. The van der Waals surface area contributed by atoms with Crippen molar-refractivity contribution in [1.29, 1.82) is 0 Å². The summed E-state index contributed by atoms with van der Waals surface area (Å²) in [5.41, 5.74) is 0.333. The molecule has 0 saturated carbocycles. The van der Waals surface area contributed by atoms with Crippen molar-refractivity contribution in [2.75, 3.05) is 31.5 Å². The van der Waals surface area contributed by atoms with Gasteiger partial charge < -0.3 is 10.2 Å². The number of hydrogen-bond donors (Lipinski definition) is 1. The van der Waals surface area contributed by atoms with Crippen LogP contribution in [-0.2, 0) is 6.18 Å². The lowest BCUT2D eigenvalue weighted by Crippen LogP contribution is -2.35. The van der Waals surface area contributed by atoms with E-state index in [1.807, 2.05) is 0 Å². The summed E-state index contributed by atoms with van der Waals surface area (Å²) >= 11 is 1.41. The molecule has 150 valence electrons. The fourth-order valence-electron chi connectivity index (χ4n) is 3.55. The lowest BCUT2D eigenvalue weighted by molar-refractivity contribution is -0.137. The van der Waals surface area contributed by atoms with Gasteiger partial charge in [-0.05, 0) is 50.5 Å². The number of alkyl halides is 3. The number of fused-ring (bicyclic) bond motifs is 1. The summed E-state index contributed by atoms with van der Waals surface area (Å²) in [6.07, 6.45) is -0.474. The molecule has 0 bridgehead atoms. The fourth-order valence-corrected chi connectivity index (χ4v) is 4.34. The molecule has 0 aliphatic carbocycles. The van der Waals surface area contributed by atoms with E-state index in [9.17, 15) is 13.2 Å². The molecule has 1 aliphatic rings. The van der Waals surface area contributed by atoms with E-state index in [0.29, 0.717) is 22.1 Å². The summed E-state index contributed by atoms with van der Waals surface area (Å²) < 4.78 is 40.6. The Morgan fingerprint density at radius 3 is 2.75 bits per heavy atom. The number of nitrogens with one attached hydrogen (secondary N) is 1. The Hall–Kier alpha value is -2.13. The highest BCUT2D eigenvalue weighted by atomic mass is 32.1. The van der Waals surface area contributed by atoms with E-state index < -0.39 is 11.7 Å². The molecule has 1 N–H and O–H groups in total. The first-order valence-corrected chi connectivity index (χ1v) is 10.2. The van der Waals surface area contributed by atoms with Crippen LogP contribution in [0.5, 0.6) is 0 Å². The maximum absolute atomic E-state index is 13.0. The molecule has 2 aromatic heterocycles. The van der Waals surface area contributed by atoms with Crippen molar-refractivity contribution >= 4 is 21.4 Å². The number of anilines is 1. The van der Waals surface area contributed by atoms with E-state index in [0.717, 1.165) is 43.4 Å². The highest BCUT2D eigenvalue weighted by Crippen LogP contribution is 2.33. The lowest BCUT2D eigenvalue weighted by Gasteiger charge is -2.30. The average molecular weight is 409 g/mol. The molecule has 1 aromatic carbocycles. The molecule has 1 fully saturated rings. The number of imidazole rings is 1. The topological polar surface area (TPSA) is 45.5 Å². The summed E-state index contributed by atoms with van der Waals surface area (Å²) in [6.45, 7) is 6.40. The summed E-state index contributed by atoms with van der Waals surface area (Å²) in [5, 5.41) is 8.66. The van der Waals surface area contributed by atoms with Crippen LogP contribution in [0.4, 0.5) is 18.3 Å². The van der Waals surface area contributed by atoms with Gasteiger partial charge in [0.15, 0.2) is 0 Å². The zero-order valence-electron chi connectivity index (χ0n) is 15.5. The van der Waals surface area contributed by atoms with Crippen molar-refractivity contribution < 1.29 is 13.2 Å². The molecular weight excluding hydrogens is 387 g/mol. The normalized spacial score (nSPS) is 16.7. The van der Waals surface area contributed by atoms with E-state index in [1.165, 1.54) is 30.2 Å². The van der Waals surface area contributed by atoms with E-state index in [-0.39, 0.29) is 0 Å². The second-order valence-corrected chi connectivity index (χ2v) is 8.04. The van der Waals surface area contributed by atoms with Gasteiger partial charge in [-0.25, -0.2) is 9.50 Å². The van der Waals surface area contributed by atoms with Gasteiger partial charge in [0.25, 0.3) is 0 Å². The quantitative estimate of drug-likeness (QED) is 0.668. The summed E-state index contributed by atoms with van der Waals surface area (Å²) in [6, 6.07) is 5.26. The maximum Gasteiger partial charge on any atom is 0.416 e. The second kappa shape index (κ2) is 7.71. The van der Waals surface area contributed by atoms with Crippen molar-refractivity contribution in [3.05, 3.63) is 36.0 Å². The van der Waals surface area contributed by atoms with Crippen LogP contribution in [0.25, 0.3) is 16.2 Å². The minimum Gasteiger partial charge on any atom is -0.360 e. The molecule has 0 atom stereocenters. The largest absolute Gasteiger partial charge is 0.416 e. The monoisotopic (exact) mass is 409 g/mol. The minimum atomic E-state index is -4.37. The highest BCUT2D eigenvalue weighted by Gasteiger charge is 2.30. The zero-order valence-corrected chi connectivity index (χ0v) is 16.4. The molecule has 0 radical (unpaired) electrons. The van der Waals surface area contributed by atoms with E-state index >= 15 is 0 Å². The van der Waals surface area contributed by atoms with Crippen LogP contribution < -0.4 is 5.32 Å². The van der Waals surface area contributed by atoms with Crippen molar-refractivity contribution in [2.24, 2.45) is 5.92 Å². The Morgan fingerprint density at radius 2 is 2.04 bits per heavy atom. The van der Waals surface area contributed by atoms with Crippen LogP contribution in [0.3, 0.4) is 0 Å². The van der Waals surface area contributed by atoms with Gasteiger partial charge in [-0.2, -0.15) is 13.2 Å². The Morgan fingerprint density at radius 1 is 1.25 bits per heavy atom. The molecule has 3 aromatic rings. The number of nitrogens with zero attached hydrogens (tertiary/aromatic N) is 4. The molecule has 1 saturated heterocycles. The molecule has 3 heterocycles. The number of likely N-dealkylation sites (tertiary alicyclic amines) is 1. The smallest absolute Gasteiger partial charge is 0.360 e. The number of aromatic nitrogens is 3. The third kappa shape index (κ3) is 4.00. The van der Waals surface area contributed by atoms with Gasteiger partial charge in [-0.15, -0.1) is 5.10 Å². The predicted molar refractivity (Wildman–Crippen MR) is 105 cm³/mol. The van der Waals surface area contributed by atoms with Crippen LogP contribution >= 0.6 is 11.3 Å². The molecule has 9 heteroatoms. The van der Waals surface area contributed by atoms with Crippen molar-refractivity contribution in [1.82, 2.24) is 19.5 Å². The molecule has 5 nitrogen and oxygen atoms in total. The standard InChI is InChI=1S/C19H22F3N5S/c1-2-26-8-6-13(7-9-26)11-23-17-25-27-16(12-24-18(27)28-17)14-4-3-5-15(10-14)19(20,21)22/h3-5,10,12-13H,2,6-9,11H2,1H3,(H,23,25). The lowest BCUT2D eigenvalue weighted by atomic mass is 9.97. The third-order valence-electron chi connectivity index (χ3n) is 5.27. The Balaban J connectivity index is 1.48.